The Labute approximate surface area is 82.1 Å². The monoisotopic (exact) mass is 249 g/mol. The third kappa shape index (κ3) is 2.09. The number of aryl methyl sites for hydroxylation is 1. The van der Waals surface area contributed by atoms with Crippen molar-refractivity contribution >= 4 is 22.2 Å². The predicted molar refractivity (Wildman–Crippen MR) is 47.0 cm³/mol. The SMILES string of the molecule is Cc1nc(C(F)F)cc(C=O)c1Br. The van der Waals surface area contributed by atoms with E-state index in [-0.39, 0.29) is 11.3 Å². The predicted octanol–water partition coefficient (Wildman–Crippen LogP) is 2.90. The van der Waals surface area contributed by atoms with Crippen LogP contribution in [0.5, 0.6) is 0 Å². The zero-order chi connectivity index (χ0) is 10.0. The lowest BCUT2D eigenvalue weighted by atomic mass is 10.2. The number of hydrogen-bond donors (Lipinski definition) is 0. The van der Waals surface area contributed by atoms with E-state index in [1.54, 1.807) is 6.92 Å². The minimum atomic E-state index is -2.65. The van der Waals surface area contributed by atoms with Crippen LogP contribution in [0.3, 0.4) is 0 Å². The van der Waals surface area contributed by atoms with Crippen molar-refractivity contribution in [1.82, 2.24) is 4.98 Å². The van der Waals surface area contributed by atoms with Gasteiger partial charge in [0.1, 0.15) is 5.69 Å². The van der Waals surface area contributed by atoms with Gasteiger partial charge in [0.15, 0.2) is 6.29 Å². The van der Waals surface area contributed by atoms with Gasteiger partial charge in [-0.25, -0.2) is 8.78 Å². The maximum absolute atomic E-state index is 12.2. The summed E-state index contributed by atoms with van der Waals surface area (Å²) in [5.41, 5.74) is 0.213. The standard InChI is InChI=1S/C8H6BrF2NO/c1-4-7(9)5(3-13)2-6(12-4)8(10)11/h2-3,8H,1H3. The van der Waals surface area contributed by atoms with Crippen LogP contribution in [-0.2, 0) is 0 Å². The molecule has 70 valence electrons. The van der Waals surface area contributed by atoms with Crippen LogP contribution in [0, 0.1) is 6.92 Å². The van der Waals surface area contributed by atoms with Crippen LogP contribution in [0.2, 0.25) is 0 Å². The molecular formula is C8H6BrF2NO. The molecule has 0 saturated carbocycles. The minimum Gasteiger partial charge on any atom is -0.298 e. The average molecular weight is 250 g/mol. The highest BCUT2D eigenvalue weighted by molar-refractivity contribution is 9.10. The first-order valence-corrected chi connectivity index (χ1v) is 4.26. The first-order valence-electron chi connectivity index (χ1n) is 3.46. The van der Waals surface area contributed by atoms with Crippen molar-refractivity contribution in [3.8, 4) is 0 Å². The number of aromatic nitrogens is 1. The Morgan fingerprint density at radius 1 is 1.62 bits per heavy atom. The van der Waals surface area contributed by atoms with Crippen molar-refractivity contribution in [3.63, 3.8) is 0 Å². The molecule has 0 unspecified atom stereocenters. The van der Waals surface area contributed by atoms with E-state index in [4.69, 9.17) is 0 Å². The Morgan fingerprint density at radius 3 is 2.69 bits per heavy atom. The van der Waals surface area contributed by atoms with Crippen molar-refractivity contribution in [2.45, 2.75) is 13.3 Å². The second-order valence-electron chi connectivity index (χ2n) is 2.45. The Balaban J connectivity index is 3.30. The molecule has 1 rings (SSSR count). The van der Waals surface area contributed by atoms with Crippen LogP contribution in [0.1, 0.15) is 28.2 Å². The molecule has 0 atom stereocenters. The van der Waals surface area contributed by atoms with E-state index >= 15 is 0 Å². The molecule has 0 radical (unpaired) electrons. The summed E-state index contributed by atoms with van der Waals surface area (Å²) in [7, 11) is 0. The van der Waals surface area contributed by atoms with Crippen molar-refractivity contribution in [1.29, 1.82) is 0 Å². The van der Waals surface area contributed by atoms with E-state index in [2.05, 4.69) is 20.9 Å². The van der Waals surface area contributed by atoms with Crippen LogP contribution in [0.4, 0.5) is 8.78 Å². The number of aldehydes is 1. The second kappa shape index (κ2) is 3.91. The molecule has 13 heavy (non-hydrogen) atoms. The van der Waals surface area contributed by atoms with E-state index in [0.29, 0.717) is 16.5 Å². The van der Waals surface area contributed by atoms with E-state index in [0.717, 1.165) is 6.07 Å². The molecular weight excluding hydrogens is 244 g/mol. The molecule has 0 aliphatic carbocycles. The Morgan fingerprint density at radius 2 is 2.23 bits per heavy atom. The van der Waals surface area contributed by atoms with Gasteiger partial charge in [0.25, 0.3) is 6.43 Å². The summed E-state index contributed by atoms with van der Waals surface area (Å²) in [5.74, 6) is 0. The molecule has 0 aliphatic rings. The van der Waals surface area contributed by atoms with Crippen LogP contribution in [0.15, 0.2) is 10.5 Å². The van der Waals surface area contributed by atoms with Crippen LogP contribution >= 0.6 is 15.9 Å². The number of rotatable bonds is 2. The van der Waals surface area contributed by atoms with Gasteiger partial charge in [-0.05, 0) is 28.9 Å². The molecule has 0 spiro atoms. The van der Waals surface area contributed by atoms with E-state index < -0.39 is 6.43 Å². The maximum Gasteiger partial charge on any atom is 0.280 e. The average Bonchev–Trinajstić information content (AvgIpc) is 2.09. The fourth-order valence-corrected chi connectivity index (χ4v) is 1.20. The van der Waals surface area contributed by atoms with E-state index in [1.165, 1.54) is 0 Å². The first kappa shape index (κ1) is 10.2. The van der Waals surface area contributed by atoms with Gasteiger partial charge in [-0.2, -0.15) is 0 Å². The molecule has 2 nitrogen and oxygen atoms in total. The summed E-state index contributed by atoms with van der Waals surface area (Å²) in [6.07, 6.45) is -2.13. The third-order valence-corrected chi connectivity index (χ3v) is 2.55. The molecule has 1 heterocycles. The van der Waals surface area contributed by atoms with Crippen LogP contribution in [0.25, 0.3) is 0 Å². The molecule has 0 saturated heterocycles. The van der Waals surface area contributed by atoms with Gasteiger partial charge in [0.05, 0.1) is 5.69 Å². The highest BCUT2D eigenvalue weighted by Crippen LogP contribution is 2.24. The van der Waals surface area contributed by atoms with E-state index in [1.807, 2.05) is 0 Å². The molecule has 0 fully saturated rings. The number of carbonyl (C=O) groups is 1. The van der Waals surface area contributed by atoms with Gasteiger partial charge in [-0.1, -0.05) is 0 Å². The number of pyridine rings is 1. The normalized spacial score (nSPS) is 10.5. The Kier molecular flexibility index (Phi) is 3.08. The molecule has 0 aliphatic heterocycles. The molecule has 0 bridgehead atoms. The van der Waals surface area contributed by atoms with Crippen LogP contribution in [-0.4, -0.2) is 11.3 Å². The third-order valence-electron chi connectivity index (χ3n) is 1.52. The number of hydrogen-bond acceptors (Lipinski definition) is 2. The molecule has 1 aromatic heterocycles. The van der Waals surface area contributed by atoms with Crippen molar-refractivity contribution < 1.29 is 13.6 Å². The zero-order valence-electron chi connectivity index (χ0n) is 6.72. The lowest BCUT2D eigenvalue weighted by molar-refractivity contribution is 0.112. The molecule has 0 N–H and O–H groups in total. The summed E-state index contributed by atoms with van der Waals surface area (Å²) >= 11 is 3.08. The van der Waals surface area contributed by atoms with Crippen molar-refractivity contribution in [2.75, 3.05) is 0 Å². The smallest absolute Gasteiger partial charge is 0.280 e. The summed E-state index contributed by atoms with van der Waals surface area (Å²) < 4.78 is 24.9. The topological polar surface area (TPSA) is 30.0 Å². The quantitative estimate of drug-likeness (QED) is 0.755. The highest BCUT2D eigenvalue weighted by atomic mass is 79.9. The largest absolute Gasteiger partial charge is 0.298 e. The number of alkyl halides is 2. The highest BCUT2D eigenvalue weighted by Gasteiger charge is 2.13. The molecule has 0 aromatic carbocycles. The number of carbonyl (C=O) groups excluding carboxylic acids is 1. The Hall–Kier alpha value is -0.840. The van der Waals surface area contributed by atoms with Crippen molar-refractivity contribution in [2.24, 2.45) is 0 Å². The first-order chi connectivity index (χ1) is 6.06. The fraction of sp³-hybridized carbons (Fsp3) is 0.250. The number of halogens is 3. The van der Waals surface area contributed by atoms with Gasteiger partial charge in [-0.15, -0.1) is 0 Å². The lowest BCUT2D eigenvalue weighted by Crippen LogP contribution is -1.97. The minimum absolute atomic E-state index is 0.197. The summed E-state index contributed by atoms with van der Waals surface area (Å²) in [6, 6.07) is 1.08. The van der Waals surface area contributed by atoms with E-state index in [9.17, 15) is 13.6 Å². The van der Waals surface area contributed by atoms with Gasteiger partial charge in [0, 0.05) is 10.0 Å². The van der Waals surface area contributed by atoms with Crippen molar-refractivity contribution in [3.05, 3.63) is 27.5 Å². The molecule has 0 amide bonds. The lowest BCUT2D eigenvalue weighted by Gasteiger charge is -2.04. The molecule has 1 aromatic rings. The number of nitrogens with zero attached hydrogens (tertiary/aromatic N) is 1. The zero-order valence-corrected chi connectivity index (χ0v) is 8.31. The second-order valence-corrected chi connectivity index (χ2v) is 3.25. The summed E-state index contributed by atoms with van der Waals surface area (Å²) in [5, 5.41) is 0. The van der Waals surface area contributed by atoms with Crippen LogP contribution < -0.4 is 0 Å². The van der Waals surface area contributed by atoms with Gasteiger partial charge in [0.2, 0.25) is 0 Å². The van der Waals surface area contributed by atoms with Gasteiger partial charge >= 0.3 is 0 Å². The fourth-order valence-electron chi connectivity index (χ4n) is 0.904. The maximum atomic E-state index is 12.2. The van der Waals surface area contributed by atoms with Gasteiger partial charge < -0.3 is 0 Å². The molecule has 5 heteroatoms. The summed E-state index contributed by atoms with van der Waals surface area (Å²) in [6.45, 7) is 1.56. The van der Waals surface area contributed by atoms with Gasteiger partial charge in [-0.3, -0.25) is 9.78 Å². The Bertz CT molecular complexity index is 341. The summed E-state index contributed by atoms with van der Waals surface area (Å²) in [4.78, 5) is 14.1.